The fourth-order valence-electron chi connectivity index (χ4n) is 6.55. The Bertz CT molecular complexity index is 2050. The summed E-state index contributed by atoms with van der Waals surface area (Å²) in [6.45, 7) is 7.40. The van der Waals surface area contributed by atoms with Gasteiger partial charge in [-0.2, -0.15) is 5.26 Å². The number of aldehydes is 1. The van der Waals surface area contributed by atoms with Crippen molar-refractivity contribution >= 4 is 17.9 Å². The fraction of sp³-hybridized carbons (Fsp3) is 0.262. The Balaban J connectivity index is 1.09. The van der Waals surface area contributed by atoms with E-state index < -0.39 is 5.60 Å². The maximum Gasteiger partial charge on any atom is 0.153 e. The first-order valence-electron chi connectivity index (χ1n) is 17.0. The molecule has 1 fully saturated rings. The second-order valence-corrected chi connectivity index (χ2v) is 13.2. The molecule has 4 aromatic carbocycles. The second-order valence-electron chi connectivity index (χ2n) is 12.8. The van der Waals surface area contributed by atoms with Crippen LogP contribution in [0.4, 0.5) is 0 Å². The molecule has 1 N–H and O–H groups in total. The summed E-state index contributed by atoms with van der Waals surface area (Å²) in [4.78, 5) is 18.1. The molecule has 9 heteroatoms. The van der Waals surface area contributed by atoms with Gasteiger partial charge in [0, 0.05) is 43.7 Å². The van der Waals surface area contributed by atoms with Gasteiger partial charge in [-0.25, -0.2) is 0 Å². The molecule has 0 saturated carbocycles. The first kappa shape index (κ1) is 35.6. The summed E-state index contributed by atoms with van der Waals surface area (Å²) in [6, 6.07) is 29.1. The molecule has 5 aromatic rings. The molecule has 6 rings (SSSR count). The molecule has 1 atom stereocenters. The molecule has 1 aliphatic rings. The van der Waals surface area contributed by atoms with E-state index in [4.69, 9.17) is 25.8 Å². The van der Waals surface area contributed by atoms with Gasteiger partial charge < -0.3 is 19.3 Å². The number of nitriles is 1. The highest BCUT2D eigenvalue weighted by atomic mass is 35.5. The maximum absolute atomic E-state index is 11.8. The van der Waals surface area contributed by atoms with Gasteiger partial charge >= 0.3 is 0 Å². The number of pyridine rings is 1. The third kappa shape index (κ3) is 8.24. The third-order valence-corrected chi connectivity index (χ3v) is 9.82. The summed E-state index contributed by atoms with van der Waals surface area (Å²) in [6.07, 6.45) is 5.32. The number of carbonyl (C=O) groups is 1. The van der Waals surface area contributed by atoms with Crippen LogP contribution >= 0.6 is 11.6 Å². The van der Waals surface area contributed by atoms with E-state index in [0.717, 1.165) is 65.1 Å². The van der Waals surface area contributed by atoms with Crippen LogP contribution in [0.25, 0.3) is 11.1 Å². The molecular formula is C42H40ClN3O5. The van der Waals surface area contributed by atoms with Crippen LogP contribution in [0.2, 0.25) is 5.02 Å². The summed E-state index contributed by atoms with van der Waals surface area (Å²) < 4.78 is 18.4. The largest absolute Gasteiger partial charge is 0.493 e. The van der Waals surface area contributed by atoms with Crippen LogP contribution in [-0.4, -0.2) is 47.5 Å². The van der Waals surface area contributed by atoms with Crippen LogP contribution in [0.15, 0.2) is 97.3 Å². The summed E-state index contributed by atoms with van der Waals surface area (Å²) in [5.74, 6) is 1.53. The van der Waals surface area contributed by atoms with Crippen LogP contribution in [0, 0.1) is 25.2 Å². The number of hydrogen-bond acceptors (Lipinski definition) is 8. The predicted molar refractivity (Wildman–Crippen MR) is 197 cm³/mol. The molecule has 1 saturated heterocycles. The number of likely N-dealkylation sites (tertiary alicyclic amines) is 1. The minimum Gasteiger partial charge on any atom is -0.493 e. The standard InChI is InChI=1S/C42H40ClN3O5/c1-29-31(26-51-41-22-40(33(25-47)21-38(41)43)50-27-32-15-17-45-24-34(32)23-44)9-6-12-36(29)37-13-7-14-39(30(37)2)49-20-8-18-46-19-16-42(48,28-46)35-10-4-3-5-11-35/h3-7,9-15,17,21-22,24-25,48H,8,16,18-20,26-28H2,1-2H3. The third-order valence-electron chi connectivity index (χ3n) is 9.52. The number of aromatic nitrogens is 1. The van der Waals surface area contributed by atoms with Gasteiger partial charge in [-0.3, -0.25) is 14.7 Å². The lowest BCUT2D eigenvalue weighted by molar-refractivity contribution is 0.0456. The van der Waals surface area contributed by atoms with Crippen LogP contribution in [0.3, 0.4) is 0 Å². The van der Waals surface area contributed by atoms with Gasteiger partial charge in [0.25, 0.3) is 0 Å². The molecule has 2 heterocycles. The lowest BCUT2D eigenvalue weighted by atomic mass is 9.93. The second kappa shape index (κ2) is 16.2. The average Bonchev–Trinajstić information content (AvgIpc) is 3.55. The van der Waals surface area contributed by atoms with Crippen LogP contribution in [-0.2, 0) is 18.8 Å². The van der Waals surface area contributed by atoms with Crippen molar-refractivity contribution in [2.75, 3.05) is 26.2 Å². The molecule has 1 aliphatic heterocycles. The number of hydrogen-bond donors (Lipinski definition) is 1. The van der Waals surface area contributed by atoms with Crippen LogP contribution in [0.1, 0.15) is 56.6 Å². The molecule has 0 spiro atoms. The van der Waals surface area contributed by atoms with Gasteiger partial charge in [-0.15, -0.1) is 0 Å². The van der Waals surface area contributed by atoms with Crippen LogP contribution in [0.5, 0.6) is 17.2 Å². The Morgan fingerprint density at radius 1 is 0.902 bits per heavy atom. The smallest absolute Gasteiger partial charge is 0.153 e. The predicted octanol–water partition coefficient (Wildman–Crippen LogP) is 8.22. The Morgan fingerprint density at radius 2 is 1.65 bits per heavy atom. The highest BCUT2D eigenvalue weighted by Crippen LogP contribution is 2.36. The SMILES string of the molecule is Cc1c(COc2cc(OCc3ccncc3C#N)c(C=O)cc2Cl)cccc1-c1cccc(OCCCN2CCC(O)(c3ccccc3)C2)c1C. The van der Waals surface area contributed by atoms with Crippen molar-refractivity contribution in [3.05, 3.63) is 141 Å². The molecule has 0 amide bonds. The minimum absolute atomic E-state index is 0.0775. The Labute approximate surface area is 303 Å². The van der Waals surface area contributed by atoms with E-state index in [1.807, 2.05) is 54.6 Å². The van der Waals surface area contributed by atoms with E-state index >= 15 is 0 Å². The van der Waals surface area contributed by atoms with E-state index in [9.17, 15) is 15.2 Å². The van der Waals surface area contributed by atoms with E-state index in [1.165, 1.54) is 12.3 Å². The summed E-state index contributed by atoms with van der Waals surface area (Å²) in [7, 11) is 0. The van der Waals surface area contributed by atoms with Gasteiger partial charge in [0.05, 0.1) is 22.8 Å². The van der Waals surface area contributed by atoms with Crippen molar-refractivity contribution in [3.8, 4) is 34.4 Å². The summed E-state index contributed by atoms with van der Waals surface area (Å²) in [5.41, 5.74) is 6.78. The number of aliphatic hydroxyl groups is 1. The quantitative estimate of drug-likeness (QED) is 0.0912. The van der Waals surface area contributed by atoms with Gasteiger partial charge in [-0.05, 0) is 78.3 Å². The monoisotopic (exact) mass is 701 g/mol. The zero-order valence-electron chi connectivity index (χ0n) is 28.8. The Morgan fingerprint density at radius 3 is 2.43 bits per heavy atom. The first-order valence-corrected chi connectivity index (χ1v) is 17.4. The zero-order chi connectivity index (χ0) is 35.8. The molecule has 0 aliphatic carbocycles. The average molecular weight is 702 g/mol. The zero-order valence-corrected chi connectivity index (χ0v) is 29.5. The number of carbonyl (C=O) groups excluding carboxylic acids is 1. The molecule has 51 heavy (non-hydrogen) atoms. The number of halogens is 1. The molecule has 8 nitrogen and oxygen atoms in total. The topological polar surface area (TPSA) is 105 Å². The van der Waals surface area contributed by atoms with Crippen molar-refractivity contribution in [1.29, 1.82) is 5.26 Å². The van der Waals surface area contributed by atoms with Crippen molar-refractivity contribution < 1.29 is 24.1 Å². The van der Waals surface area contributed by atoms with Gasteiger partial charge in [-0.1, -0.05) is 72.3 Å². The Hall–Kier alpha value is -5.20. The van der Waals surface area contributed by atoms with E-state index in [-0.39, 0.29) is 23.8 Å². The van der Waals surface area contributed by atoms with Crippen molar-refractivity contribution in [2.24, 2.45) is 0 Å². The highest BCUT2D eigenvalue weighted by Gasteiger charge is 2.37. The fourth-order valence-corrected chi connectivity index (χ4v) is 6.78. The molecule has 0 radical (unpaired) electrons. The number of nitrogens with zero attached hydrogens (tertiary/aromatic N) is 3. The van der Waals surface area contributed by atoms with Crippen LogP contribution < -0.4 is 14.2 Å². The van der Waals surface area contributed by atoms with E-state index in [1.54, 1.807) is 18.3 Å². The van der Waals surface area contributed by atoms with Crippen molar-refractivity contribution in [2.45, 2.75) is 45.5 Å². The summed E-state index contributed by atoms with van der Waals surface area (Å²) in [5, 5.41) is 20.9. The first-order chi connectivity index (χ1) is 24.8. The molecule has 1 unspecified atom stereocenters. The van der Waals surface area contributed by atoms with E-state index in [2.05, 4.69) is 41.9 Å². The lowest BCUT2D eigenvalue weighted by Gasteiger charge is -2.24. The van der Waals surface area contributed by atoms with Crippen molar-refractivity contribution in [1.82, 2.24) is 9.88 Å². The van der Waals surface area contributed by atoms with Gasteiger partial charge in [0.2, 0.25) is 0 Å². The Kier molecular flexibility index (Phi) is 11.3. The molecule has 1 aromatic heterocycles. The lowest BCUT2D eigenvalue weighted by Crippen LogP contribution is -2.31. The highest BCUT2D eigenvalue weighted by molar-refractivity contribution is 6.32. The summed E-state index contributed by atoms with van der Waals surface area (Å²) >= 11 is 6.52. The molecule has 0 bridgehead atoms. The van der Waals surface area contributed by atoms with Crippen molar-refractivity contribution in [3.63, 3.8) is 0 Å². The number of rotatable bonds is 14. The molecular weight excluding hydrogens is 662 g/mol. The number of β-amino-alcohol motifs (C(OH)–C–C–N with tert-alkyl or cyclic N) is 1. The van der Waals surface area contributed by atoms with Gasteiger partial charge in [0.15, 0.2) is 6.29 Å². The number of benzene rings is 4. The molecule has 260 valence electrons. The number of ether oxygens (including phenoxy) is 3. The van der Waals surface area contributed by atoms with E-state index in [0.29, 0.717) is 42.1 Å². The minimum atomic E-state index is -0.792. The normalized spacial score (nSPS) is 15.7. The maximum atomic E-state index is 11.8. The van der Waals surface area contributed by atoms with Gasteiger partial charge in [0.1, 0.15) is 42.1 Å².